The van der Waals surface area contributed by atoms with E-state index >= 15 is 0 Å². The first-order valence-electron chi connectivity index (χ1n) is 5.09. The van der Waals surface area contributed by atoms with Gasteiger partial charge in [-0.25, -0.2) is 4.79 Å². The van der Waals surface area contributed by atoms with E-state index in [9.17, 15) is 9.59 Å². The Kier molecular flexibility index (Phi) is 4.45. The number of hydrogen-bond acceptors (Lipinski definition) is 5. The number of likely N-dealkylation sites (N-methyl/N-ethyl adjacent to an activating group) is 1. The van der Waals surface area contributed by atoms with Crippen LogP contribution >= 0.6 is 0 Å². The number of pyridine rings is 1. The highest BCUT2D eigenvalue weighted by molar-refractivity contribution is 5.90. The maximum atomic E-state index is 11.4. The second kappa shape index (κ2) is 5.83. The fourth-order valence-electron chi connectivity index (χ4n) is 1.26. The molecule has 0 saturated heterocycles. The number of anilines is 1. The number of ether oxygens (including phenoxy) is 1. The lowest BCUT2D eigenvalue weighted by atomic mass is 10.2. The summed E-state index contributed by atoms with van der Waals surface area (Å²) in [6.45, 7) is 1.84. The monoisotopic (exact) mass is 238 g/mol. The number of hydrogen-bond donors (Lipinski definition) is 1. The van der Waals surface area contributed by atoms with Crippen LogP contribution in [0.1, 0.15) is 17.3 Å². The van der Waals surface area contributed by atoms with Crippen LogP contribution in [-0.4, -0.2) is 42.2 Å². The molecule has 0 fully saturated rings. The first kappa shape index (κ1) is 13.0. The number of rotatable bonds is 5. The van der Waals surface area contributed by atoms with Gasteiger partial charge >= 0.3 is 11.9 Å². The number of aromatic nitrogens is 1. The van der Waals surface area contributed by atoms with Crippen molar-refractivity contribution in [2.45, 2.75) is 6.92 Å². The van der Waals surface area contributed by atoms with Crippen LogP contribution in [0.3, 0.4) is 0 Å². The molecule has 0 bridgehead atoms. The summed E-state index contributed by atoms with van der Waals surface area (Å²) in [6, 6.07) is 1.55. The molecule has 0 saturated carbocycles. The molecule has 0 atom stereocenters. The third kappa shape index (κ3) is 3.75. The number of carbonyl (C=O) groups excluding carboxylic acids is 1. The van der Waals surface area contributed by atoms with Gasteiger partial charge in [0.1, 0.15) is 6.54 Å². The highest BCUT2D eigenvalue weighted by Crippen LogP contribution is 2.13. The van der Waals surface area contributed by atoms with Gasteiger partial charge in [-0.3, -0.25) is 9.78 Å². The van der Waals surface area contributed by atoms with Crippen LogP contribution in [0.4, 0.5) is 5.69 Å². The Hall–Kier alpha value is -2.11. The van der Waals surface area contributed by atoms with Crippen molar-refractivity contribution in [1.82, 2.24) is 4.98 Å². The standard InChI is InChI=1S/C11H14N2O4/c1-3-17-11(16)8-4-9(6-12-5-8)13(2)7-10(14)15/h4-6H,3,7H2,1-2H3,(H,14,15). The predicted molar refractivity (Wildman–Crippen MR) is 61.1 cm³/mol. The van der Waals surface area contributed by atoms with Crippen molar-refractivity contribution in [3.63, 3.8) is 0 Å². The van der Waals surface area contributed by atoms with E-state index in [0.717, 1.165) is 0 Å². The molecular weight excluding hydrogens is 224 g/mol. The summed E-state index contributed by atoms with van der Waals surface area (Å²) in [5.74, 6) is -1.42. The van der Waals surface area contributed by atoms with Gasteiger partial charge in [0.05, 0.1) is 24.1 Å². The lowest BCUT2D eigenvalue weighted by Gasteiger charge is -2.16. The van der Waals surface area contributed by atoms with Gasteiger partial charge < -0.3 is 14.7 Å². The van der Waals surface area contributed by atoms with Crippen LogP contribution in [0.5, 0.6) is 0 Å². The molecule has 0 amide bonds. The van der Waals surface area contributed by atoms with Crippen molar-refractivity contribution >= 4 is 17.6 Å². The van der Waals surface area contributed by atoms with Gasteiger partial charge in [0.15, 0.2) is 0 Å². The van der Waals surface area contributed by atoms with Gasteiger partial charge in [-0.05, 0) is 13.0 Å². The maximum Gasteiger partial charge on any atom is 0.339 e. The summed E-state index contributed by atoms with van der Waals surface area (Å²) in [7, 11) is 1.61. The summed E-state index contributed by atoms with van der Waals surface area (Å²) >= 11 is 0. The van der Waals surface area contributed by atoms with E-state index in [2.05, 4.69) is 4.98 Å². The first-order chi connectivity index (χ1) is 8.04. The second-order valence-electron chi connectivity index (χ2n) is 3.40. The largest absolute Gasteiger partial charge is 0.480 e. The zero-order valence-electron chi connectivity index (χ0n) is 9.71. The fourth-order valence-corrected chi connectivity index (χ4v) is 1.26. The third-order valence-electron chi connectivity index (χ3n) is 2.05. The van der Waals surface area contributed by atoms with Gasteiger partial charge in [0, 0.05) is 13.2 Å². The quantitative estimate of drug-likeness (QED) is 0.763. The van der Waals surface area contributed by atoms with E-state index in [1.165, 1.54) is 17.3 Å². The van der Waals surface area contributed by atoms with E-state index in [4.69, 9.17) is 9.84 Å². The number of nitrogens with zero attached hydrogens (tertiary/aromatic N) is 2. The van der Waals surface area contributed by atoms with Crippen LogP contribution in [-0.2, 0) is 9.53 Å². The third-order valence-corrected chi connectivity index (χ3v) is 2.05. The smallest absolute Gasteiger partial charge is 0.339 e. The number of carboxylic acid groups (broad SMARTS) is 1. The molecule has 1 heterocycles. The van der Waals surface area contributed by atoms with Crippen LogP contribution in [0.15, 0.2) is 18.5 Å². The normalized spacial score (nSPS) is 9.76. The Bertz CT molecular complexity index is 420. The highest BCUT2D eigenvalue weighted by Gasteiger charge is 2.11. The first-order valence-corrected chi connectivity index (χ1v) is 5.09. The van der Waals surface area contributed by atoms with Gasteiger partial charge in [0.25, 0.3) is 0 Å². The number of esters is 1. The summed E-state index contributed by atoms with van der Waals surface area (Å²) < 4.78 is 4.83. The molecule has 0 radical (unpaired) electrons. The maximum absolute atomic E-state index is 11.4. The molecule has 0 aliphatic rings. The average molecular weight is 238 g/mol. The Morgan fingerprint density at radius 1 is 1.47 bits per heavy atom. The van der Waals surface area contributed by atoms with Gasteiger partial charge in [-0.2, -0.15) is 0 Å². The summed E-state index contributed by atoms with van der Waals surface area (Å²) in [4.78, 5) is 27.4. The molecular formula is C11H14N2O4. The number of carbonyl (C=O) groups is 2. The van der Waals surface area contributed by atoms with E-state index in [1.54, 1.807) is 20.0 Å². The van der Waals surface area contributed by atoms with Gasteiger partial charge in [-0.1, -0.05) is 0 Å². The minimum atomic E-state index is -0.950. The lowest BCUT2D eigenvalue weighted by Crippen LogP contribution is -2.25. The molecule has 0 aliphatic carbocycles. The van der Waals surface area contributed by atoms with E-state index in [1.807, 2.05) is 0 Å². The number of aliphatic carboxylic acids is 1. The van der Waals surface area contributed by atoms with Crippen molar-refractivity contribution < 1.29 is 19.4 Å². The topological polar surface area (TPSA) is 79.7 Å². The summed E-state index contributed by atoms with van der Waals surface area (Å²) in [5.41, 5.74) is 0.861. The molecule has 0 spiro atoms. The molecule has 92 valence electrons. The molecule has 6 nitrogen and oxygen atoms in total. The Morgan fingerprint density at radius 3 is 2.76 bits per heavy atom. The molecule has 1 aromatic heterocycles. The summed E-state index contributed by atoms with van der Waals surface area (Å²) in [6.07, 6.45) is 2.88. The predicted octanol–water partition coefficient (Wildman–Crippen LogP) is 0.779. The van der Waals surface area contributed by atoms with Crippen LogP contribution in [0.25, 0.3) is 0 Å². The number of carboxylic acids is 1. The van der Waals surface area contributed by atoms with Gasteiger partial charge in [-0.15, -0.1) is 0 Å². The zero-order valence-corrected chi connectivity index (χ0v) is 9.71. The zero-order chi connectivity index (χ0) is 12.8. The van der Waals surface area contributed by atoms with E-state index in [-0.39, 0.29) is 13.2 Å². The Balaban J connectivity index is 2.85. The molecule has 1 rings (SSSR count). The average Bonchev–Trinajstić information content (AvgIpc) is 2.28. The lowest BCUT2D eigenvalue weighted by molar-refractivity contribution is -0.135. The van der Waals surface area contributed by atoms with Crippen molar-refractivity contribution in [2.75, 3.05) is 25.1 Å². The Morgan fingerprint density at radius 2 is 2.18 bits per heavy atom. The van der Waals surface area contributed by atoms with E-state index in [0.29, 0.717) is 11.3 Å². The van der Waals surface area contributed by atoms with Crippen LogP contribution in [0, 0.1) is 0 Å². The highest BCUT2D eigenvalue weighted by atomic mass is 16.5. The van der Waals surface area contributed by atoms with Crippen LogP contribution < -0.4 is 4.90 Å². The summed E-state index contributed by atoms with van der Waals surface area (Å²) in [5, 5.41) is 8.65. The van der Waals surface area contributed by atoms with Crippen molar-refractivity contribution in [1.29, 1.82) is 0 Å². The van der Waals surface area contributed by atoms with Crippen molar-refractivity contribution in [2.24, 2.45) is 0 Å². The molecule has 0 aromatic carbocycles. The molecule has 0 aliphatic heterocycles. The van der Waals surface area contributed by atoms with E-state index < -0.39 is 11.9 Å². The van der Waals surface area contributed by atoms with Crippen LogP contribution in [0.2, 0.25) is 0 Å². The minimum absolute atomic E-state index is 0.159. The van der Waals surface area contributed by atoms with Gasteiger partial charge in [0.2, 0.25) is 0 Å². The second-order valence-corrected chi connectivity index (χ2v) is 3.40. The molecule has 1 N–H and O–H groups in total. The molecule has 1 aromatic rings. The van der Waals surface area contributed by atoms with Crippen molar-refractivity contribution in [3.05, 3.63) is 24.0 Å². The molecule has 0 unspecified atom stereocenters. The fraction of sp³-hybridized carbons (Fsp3) is 0.364. The minimum Gasteiger partial charge on any atom is -0.480 e. The molecule has 17 heavy (non-hydrogen) atoms. The Labute approximate surface area is 98.8 Å². The SMILES string of the molecule is CCOC(=O)c1cncc(N(C)CC(=O)O)c1. The molecule has 6 heteroatoms. The van der Waals surface area contributed by atoms with Crippen molar-refractivity contribution in [3.8, 4) is 0 Å².